The number of nitrogens with two attached hydrogens (primary N) is 1. The summed E-state index contributed by atoms with van der Waals surface area (Å²) in [6.45, 7) is 7.00. The molecule has 17 heavy (non-hydrogen) atoms. The average molecular weight is 237 g/mol. The fraction of sp³-hybridized carbons (Fsp3) is 0.615. The molecule has 0 spiro atoms. The van der Waals surface area contributed by atoms with Gasteiger partial charge in [-0.05, 0) is 26.3 Å². The molecule has 4 nitrogen and oxygen atoms in total. The van der Waals surface area contributed by atoms with E-state index in [1.54, 1.807) is 11.0 Å². The summed E-state index contributed by atoms with van der Waals surface area (Å²) in [6.07, 6.45) is 3.94. The third-order valence-corrected chi connectivity index (χ3v) is 2.84. The summed E-state index contributed by atoms with van der Waals surface area (Å²) in [5.74, 6) is 0.0452. The summed E-state index contributed by atoms with van der Waals surface area (Å²) in [5.41, 5.74) is 7.09. The van der Waals surface area contributed by atoms with E-state index < -0.39 is 0 Å². The molecule has 1 heterocycles. The van der Waals surface area contributed by atoms with Crippen molar-refractivity contribution >= 4 is 11.6 Å². The average Bonchev–Trinajstić information content (AvgIpc) is 2.67. The monoisotopic (exact) mass is 237 g/mol. The number of carbonyl (C=O) groups is 1. The molecule has 0 aromatic carbocycles. The first-order valence-electron chi connectivity index (χ1n) is 6.20. The maximum atomic E-state index is 12.2. The molecular weight excluding hydrogens is 214 g/mol. The summed E-state index contributed by atoms with van der Waals surface area (Å²) >= 11 is 0. The van der Waals surface area contributed by atoms with Crippen molar-refractivity contribution in [2.24, 2.45) is 0 Å². The summed E-state index contributed by atoms with van der Waals surface area (Å²) in [4.78, 5) is 14.0. The van der Waals surface area contributed by atoms with E-state index in [-0.39, 0.29) is 11.9 Å². The highest BCUT2D eigenvalue weighted by molar-refractivity contribution is 5.93. The van der Waals surface area contributed by atoms with Crippen LogP contribution in [-0.2, 0) is 0 Å². The van der Waals surface area contributed by atoms with Gasteiger partial charge in [0.05, 0.1) is 5.69 Å². The molecule has 0 atom stereocenters. The van der Waals surface area contributed by atoms with Gasteiger partial charge in [-0.15, -0.1) is 0 Å². The molecule has 4 heteroatoms. The van der Waals surface area contributed by atoms with Gasteiger partial charge in [-0.3, -0.25) is 4.79 Å². The van der Waals surface area contributed by atoms with Crippen molar-refractivity contribution in [1.29, 1.82) is 0 Å². The standard InChI is InChI=1S/C13H23N3O/c1-5-6-7-15(4)13(17)12-8-11(14)9-16(12)10(2)3/h8-10H,5-7,14H2,1-4H3. The van der Waals surface area contributed by atoms with Crippen molar-refractivity contribution in [2.45, 2.75) is 39.7 Å². The summed E-state index contributed by atoms with van der Waals surface area (Å²) in [6, 6.07) is 2.00. The fourth-order valence-corrected chi connectivity index (χ4v) is 1.79. The first-order valence-corrected chi connectivity index (χ1v) is 6.20. The van der Waals surface area contributed by atoms with Crippen molar-refractivity contribution in [1.82, 2.24) is 9.47 Å². The molecule has 0 fully saturated rings. The molecule has 96 valence electrons. The molecule has 0 bridgehead atoms. The van der Waals surface area contributed by atoms with E-state index in [0.717, 1.165) is 19.4 Å². The zero-order chi connectivity index (χ0) is 13.0. The van der Waals surface area contributed by atoms with E-state index in [9.17, 15) is 4.79 Å². The van der Waals surface area contributed by atoms with Gasteiger partial charge in [0.2, 0.25) is 0 Å². The second-order valence-corrected chi connectivity index (χ2v) is 4.74. The van der Waals surface area contributed by atoms with Gasteiger partial charge in [0.15, 0.2) is 0 Å². The number of unbranched alkanes of at least 4 members (excludes halogenated alkanes) is 1. The predicted molar refractivity (Wildman–Crippen MR) is 71.1 cm³/mol. The van der Waals surface area contributed by atoms with E-state index in [4.69, 9.17) is 5.73 Å². The summed E-state index contributed by atoms with van der Waals surface area (Å²) in [5, 5.41) is 0. The molecule has 1 aromatic heterocycles. The van der Waals surface area contributed by atoms with Crippen LogP contribution in [0.1, 0.15) is 50.1 Å². The van der Waals surface area contributed by atoms with Gasteiger partial charge < -0.3 is 15.2 Å². The van der Waals surface area contributed by atoms with E-state index in [0.29, 0.717) is 11.4 Å². The first kappa shape index (κ1) is 13.6. The zero-order valence-electron chi connectivity index (χ0n) is 11.2. The Balaban J connectivity index is 2.87. The summed E-state index contributed by atoms with van der Waals surface area (Å²) < 4.78 is 1.93. The molecule has 0 aliphatic heterocycles. The van der Waals surface area contributed by atoms with Crippen LogP contribution in [0.4, 0.5) is 5.69 Å². The van der Waals surface area contributed by atoms with Gasteiger partial charge >= 0.3 is 0 Å². The van der Waals surface area contributed by atoms with Crippen molar-refractivity contribution in [2.75, 3.05) is 19.3 Å². The minimum absolute atomic E-state index is 0.0452. The van der Waals surface area contributed by atoms with Crippen LogP contribution in [0.15, 0.2) is 12.3 Å². The van der Waals surface area contributed by atoms with Crippen LogP contribution in [0.25, 0.3) is 0 Å². The number of nitrogens with zero attached hydrogens (tertiary/aromatic N) is 2. The van der Waals surface area contributed by atoms with Gasteiger partial charge in [0, 0.05) is 25.8 Å². The van der Waals surface area contributed by atoms with Gasteiger partial charge in [-0.25, -0.2) is 0 Å². The minimum atomic E-state index is 0.0452. The molecular formula is C13H23N3O. The molecule has 1 amide bonds. The van der Waals surface area contributed by atoms with E-state index in [1.807, 2.05) is 31.7 Å². The van der Waals surface area contributed by atoms with Gasteiger partial charge in [-0.2, -0.15) is 0 Å². The molecule has 0 radical (unpaired) electrons. The van der Waals surface area contributed by atoms with Crippen molar-refractivity contribution < 1.29 is 4.79 Å². The lowest BCUT2D eigenvalue weighted by molar-refractivity contribution is 0.0781. The topological polar surface area (TPSA) is 51.3 Å². The number of amides is 1. The SMILES string of the molecule is CCCCN(C)C(=O)c1cc(N)cn1C(C)C. The van der Waals surface area contributed by atoms with Crippen LogP contribution in [0, 0.1) is 0 Å². The molecule has 0 aliphatic rings. The highest BCUT2D eigenvalue weighted by Gasteiger charge is 2.17. The molecule has 1 rings (SSSR count). The van der Waals surface area contributed by atoms with Crippen molar-refractivity contribution in [3.05, 3.63) is 18.0 Å². The van der Waals surface area contributed by atoms with Crippen molar-refractivity contribution in [3.63, 3.8) is 0 Å². The first-order chi connectivity index (χ1) is 7.97. The lowest BCUT2D eigenvalue weighted by Gasteiger charge is -2.19. The Morgan fingerprint density at radius 2 is 2.18 bits per heavy atom. The fourth-order valence-electron chi connectivity index (χ4n) is 1.79. The predicted octanol–water partition coefficient (Wildman–Crippen LogP) is 2.52. The molecule has 0 saturated carbocycles. The van der Waals surface area contributed by atoms with E-state index in [1.165, 1.54) is 0 Å². The quantitative estimate of drug-likeness (QED) is 0.855. The number of hydrogen-bond acceptors (Lipinski definition) is 2. The van der Waals surface area contributed by atoms with Crippen LogP contribution in [0.5, 0.6) is 0 Å². The van der Waals surface area contributed by atoms with Crippen LogP contribution in [-0.4, -0.2) is 29.0 Å². The second kappa shape index (κ2) is 5.75. The Morgan fingerprint density at radius 1 is 1.53 bits per heavy atom. The Kier molecular flexibility index (Phi) is 4.61. The van der Waals surface area contributed by atoms with Gasteiger partial charge in [0.1, 0.15) is 5.69 Å². The smallest absolute Gasteiger partial charge is 0.270 e. The normalized spacial score (nSPS) is 10.9. The zero-order valence-corrected chi connectivity index (χ0v) is 11.2. The molecule has 1 aromatic rings. The minimum Gasteiger partial charge on any atom is -0.397 e. The van der Waals surface area contributed by atoms with Crippen LogP contribution in [0.3, 0.4) is 0 Å². The van der Waals surface area contributed by atoms with Crippen molar-refractivity contribution in [3.8, 4) is 0 Å². The number of aromatic nitrogens is 1. The van der Waals surface area contributed by atoms with Crippen LogP contribution >= 0.6 is 0 Å². The maximum Gasteiger partial charge on any atom is 0.270 e. The van der Waals surface area contributed by atoms with E-state index in [2.05, 4.69) is 6.92 Å². The lowest BCUT2D eigenvalue weighted by atomic mass is 10.3. The number of rotatable bonds is 5. The lowest BCUT2D eigenvalue weighted by Crippen LogP contribution is -2.29. The van der Waals surface area contributed by atoms with Crippen LogP contribution < -0.4 is 5.73 Å². The Labute approximate surface area is 103 Å². The third-order valence-electron chi connectivity index (χ3n) is 2.84. The number of carbonyl (C=O) groups excluding carboxylic acids is 1. The Morgan fingerprint density at radius 3 is 2.71 bits per heavy atom. The number of anilines is 1. The van der Waals surface area contributed by atoms with E-state index >= 15 is 0 Å². The molecule has 2 N–H and O–H groups in total. The van der Waals surface area contributed by atoms with Gasteiger partial charge in [-0.1, -0.05) is 13.3 Å². The Bertz CT molecular complexity index is 382. The summed E-state index contributed by atoms with van der Waals surface area (Å²) in [7, 11) is 1.84. The number of nitrogen functional groups attached to an aromatic ring is 1. The van der Waals surface area contributed by atoms with Gasteiger partial charge in [0.25, 0.3) is 5.91 Å². The third kappa shape index (κ3) is 3.25. The molecule has 0 saturated heterocycles. The molecule has 0 aliphatic carbocycles. The number of hydrogen-bond donors (Lipinski definition) is 1. The largest absolute Gasteiger partial charge is 0.397 e. The Hall–Kier alpha value is -1.45. The van der Waals surface area contributed by atoms with Crippen LogP contribution in [0.2, 0.25) is 0 Å². The molecule has 0 unspecified atom stereocenters. The second-order valence-electron chi connectivity index (χ2n) is 4.74. The maximum absolute atomic E-state index is 12.2. The highest BCUT2D eigenvalue weighted by atomic mass is 16.2. The highest BCUT2D eigenvalue weighted by Crippen LogP contribution is 2.18.